The standard InChI is InChI=1S/C17H15ClO2/c18-16-7-3-6-14(11-19)17(16)20-15-9-8-12-4-1-2-5-13(12)10-15/h3,6-11H,1-2,4-5H2. The van der Waals surface area contributed by atoms with Gasteiger partial charge in [-0.25, -0.2) is 0 Å². The third-order valence-electron chi connectivity index (χ3n) is 3.66. The van der Waals surface area contributed by atoms with Gasteiger partial charge in [-0.2, -0.15) is 0 Å². The average molecular weight is 287 g/mol. The number of aryl methyl sites for hydroxylation is 2. The highest BCUT2D eigenvalue weighted by molar-refractivity contribution is 6.32. The fourth-order valence-corrected chi connectivity index (χ4v) is 2.84. The molecule has 0 bridgehead atoms. The number of fused-ring (bicyclic) bond motifs is 1. The van der Waals surface area contributed by atoms with Gasteiger partial charge >= 0.3 is 0 Å². The predicted octanol–water partition coefficient (Wildman–Crippen LogP) is 4.82. The van der Waals surface area contributed by atoms with Gasteiger partial charge in [-0.05, 0) is 61.1 Å². The fraction of sp³-hybridized carbons (Fsp3) is 0.235. The van der Waals surface area contributed by atoms with E-state index in [1.54, 1.807) is 18.2 Å². The number of hydrogen-bond acceptors (Lipinski definition) is 2. The maximum Gasteiger partial charge on any atom is 0.156 e. The van der Waals surface area contributed by atoms with Gasteiger partial charge in [0.25, 0.3) is 0 Å². The summed E-state index contributed by atoms with van der Waals surface area (Å²) in [5.74, 6) is 1.17. The highest BCUT2D eigenvalue weighted by atomic mass is 35.5. The first-order valence-electron chi connectivity index (χ1n) is 6.81. The Morgan fingerprint density at radius 2 is 1.85 bits per heavy atom. The molecule has 102 valence electrons. The number of hydrogen-bond donors (Lipinski definition) is 0. The fourth-order valence-electron chi connectivity index (χ4n) is 2.62. The summed E-state index contributed by atoms with van der Waals surface area (Å²) >= 11 is 6.12. The van der Waals surface area contributed by atoms with E-state index in [1.807, 2.05) is 6.07 Å². The van der Waals surface area contributed by atoms with Crippen LogP contribution in [0.3, 0.4) is 0 Å². The van der Waals surface area contributed by atoms with Crippen LogP contribution < -0.4 is 4.74 Å². The van der Waals surface area contributed by atoms with Crippen LogP contribution in [0.15, 0.2) is 36.4 Å². The molecule has 1 aliphatic carbocycles. The van der Waals surface area contributed by atoms with Crippen molar-refractivity contribution < 1.29 is 9.53 Å². The Labute approximate surface area is 123 Å². The van der Waals surface area contributed by atoms with E-state index in [0.29, 0.717) is 16.3 Å². The van der Waals surface area contributed by atoms with Crippen LogP contribution in [0.25, 0.3) is 0 Å². The molecule has 2 aromatic carbocycles. The topological polar surface area (TPSA) is 26.3 Å². The third-order valence-corrected chi connectivity index (χ3v) is 3.96. The molecule has 1 aliphatic rings. The molecule has 0 fully saturated rings. The first-order valence-corrected chi connectivity index (χ1v) is 7.19. The van der Waals surface area contributed by atoms with Gasteiger partial charge in [-0.15, -0.1) is 0 Å². The zero-order valence-electron chi connectivity index (χ0n) is 11.1. The Bertz CT molecular complexity index is 649. The molecule has 0 N–H and O–H groups in total. The number of carbonyl (C=O) groups excluding carboxylic acids is 1. The van der Waals surface area contributed by atoms with Gasteiger partial charge < -0.3 is 4.74 Å². The van der Waals surface area contributed by atoms with Crippen LogP contribution in [-0.4, -0.2) is 6.29 Å². The summed E-state index contributed by atoms with van der Waals surface area (Å²) in [6.45, 7) is 0. The van der Waals surface area contributed by atoms with E-state index in [0.717, 1.165) is 24.9 Å². The molecule has 0 unspecified atom stereocenters. The molecule has 0 amide bonds. The van der Waals surface area contributed by atoms with Crippen LogP contribution in [0.2, 0.25) is 5.02 Å². The molecule has 0 aromatic heterocycles. The minimum absolute atomic E-state index is 0.430. The third kappa shape index (κ3) is 2.56. The quantitative estimate of drug-likeness (QED) is 0.756. The molecule has 3 rings (SSSR count). The molecule has 2 aromatic rings. The Balaban J connectivity index is 1.94. The minimum atomic E-state index is 0.430. The van der Waals surface area contributed by atoms with Gasteiger partial charge in [-0.3, -0.25) is 4.79 Å². The number of para-hydroxylation sites is 1. The smallest absolute Gasteiger partial charge is 0.156 e. The Hall–Kier alpha value is -1.80. The van der Waals surface area contributed by atoms with E-state index in [1.165, 1.54) is 24.0 Å². The maximum atomic E-state index is 11.1. The van der Waals surface area contributed by atoms with Crippen LogP contribution in [0.5, 0.6) is 11.5 Å². The zero-order valence-corrected chi connectivity index (χ0v) is 11.8. The number of benzene rings is 2. The van der Waals surface area contributed by atoms with Crippen LogP contribution in [0, 0.1) is 0 Å². The van der Waals surface area contributed by atoms with Crippen molar-refractivity contribution in [2.24, 2.45) is 0 Å². The molecule has 0 spiro atoms. The lowest BCUT2D eigenvalue weighted by Gasteiger charge is -2.17. The minimum Gasteiger partial charge on any atom is -0.455 e. The number of rotatable bonds is 3. The Morgan fingerprint density at radius 1 is 1.05 bits per heavy atom. The van der Waals surface area contributed by atoms with Gasteiger partial charge in [-0.1, -0.05) is 23.7 Å². The summed E-state index contributed by atoms with van der Waals surface area (Å²) in [5.41, 5.74) is 3.21. The normalized spacial score (nSPS) is 13.7. The molecule has 0 atom stereocenters. The molecule has 3 heteroatoms. The van der Waals surface area contributed by atoms with Crippen molar-refractivity contribution in [3.63, 3.8) is 0 Å². The molecule has 20 heavy (non-hydrogen) atoms. The van der Waals surface area contributed by atoms with E-state index >= 15 is 0 Å². The monoisotopic (exact) mass is 286 g/mol. The molecule has 0 aliphatic heterocycles. The largest absolute Gasteiger partial charge is 0.455 e. The van der Waals surface area contributed by atoms with Gasteiger partial charge in [0.2, 0.25) is 0 Å². The summed E-state index contributed by atoms with van der Waals surface area (Å²) in [6, 6.07) is 11.3. The van der Waals surface area contributed by atoms with E-state index in [4.69, 9.17) is 16.3 Å². The van der Waals surface area contributed by atoms with Crippen molar-refractivity contribution in [2.75, 3.05) is 0 Å². The van der Waals surface area contributed by atoms with Gasteiger partial charge in [0.1, 0.15) is 5.75 Å². The summed E-state index contributed by atoms with van der Waals surface area (Å²) in [7, 11) is 0. The lowest BCUT2D eigenvalue weighted by Crippen LogP contribution is -2.02. The lowest BCUT2D eigenvalue weighted by atomic mass is 9.92. The number of ether oxygens (including phenoxy) is 1. The second kappa shape index (κ2) is 5.68. The van der Waals surface area contributed by atoms with Crippen molar-refractivity contribution in [3.05, 3.63) is 58.1 Å². The number of carbonyl (C=O) groups is 1. The van der Waals surface area contributed by atoms with Crippen molar-refractivity contribution in [3.8, 4) is 11.5 Å². The molecular formula is C17H15ClO2. The highest BCUT2D eigenvalue weighted by Crippen LogP contribution is 2.34. The van der Waals surface area contributed by atoms with Gasteiger partial charge in [0.15, 0.2) is 12.0 Å². The van der Waals surface area contributed by atoms with Crippen molar-refractivity contribution >= 4 is 17.9 Å². The zero-order chi connectivity index (χ0) is 13.9. The van der Waals surface area contributed by atoms with Crippen molar-refractivity contribution in [1.82, 2.24) is 0 Å². The molecule has 0 saturated carbocycles. The van der Waals surface area contributed by atoms with Crippen LogP contribution >= 0.6 is 11.6 Å². The summed E-state index contributed by atoms with van der Waals surface area (Å²) in [5, 5.41) is 0.451. The SMILES string of the molecule is O=Cc1cccc(Cl)c1Oc1ccc2c(c1)CCCC2. The van der Waals surface area contributed by atoms with Gasteiger partial charge in [0.05, 0.1) is 10.6 Å². The highest BCUT2D eigenvalue weighted by Gasteiger charge is 2.13. The molecule has 0 heterocycles. The number of halogens is 1. The second-order valence-electron chi connectivity index (χ2n) is 5.02. The maximum absolute atomic E-state index is 11.1. The van der Waals surface area contributed by atoms with Crippen LogP contribution in [0.4, 0.5) is 0 Å². The van der Waals surface area contributed by atoms with E-state index in [9.17, 15) is 4.79 Å². The number of aldehydes is 1. The van der Waals surface area contributed by atoms with Crippen molar-refractivity contribution in [1.29, 1.82) is 0 Å². The second-order valence-corrected chi connectivity index (χ2v) is 5.42. The van der Waals surface area contributed by atoms with Crippen molar-refractivity contribution in [2.45, 2.75) is 25.7 Å². The Kier molecular flexibility index (Phi) is 3.75. The predicted molar refractivity (Wildman–Crippen MR) is 80.0 cm³/mol. The first kappa shape index (κ1) is 13.2. The Morgan fingerprint density at radius 3 is 2.65 bits per heavy atom. The average Bonchev–Trinajstić information content (AvgIpc) is 2.49. The van der Waals surface area contributed by atoms with E-state index in [-0.39, 0.29) is 0 Å². The molecular weight excluding hydrogens is 272 g/mol. The van der Waals surface area contributed by atoms with E-state index < -0.39 is 0 Å². The van der Waals surface area contributed by atoms with Crippen LogP contribution in [-0.2, 0) is 12.8 Å². The lowest BCUT2D eigenvalue weighted by molar-refractivity contribution is 0.112. The summed E-state index contributed by atoms with van der Waals surface area (Å²) in [4.78, 5) is 11.1. The summed E-state index contributed by atoms with van der Waals surface area (Å²) in [6.07, 6.45) is 5.48. The summed E-state index contributed by atoms with van der Waals surface area (Å²) < 4.78 is 5.83. The first-order chi connectivity index (χ1) is 9.78. The molecule has 0 radical (unpaired) electrons. The van der Waals surface area contributed by atoms with E-state index in [2.05, 4.69) is 12.1 Å². The molecule has 2 nitrogen and oxygen atoms in total. The molecule has 0 saturated heterocycles. The van der Waals surface area contributed by atoms with Gasteiger partial charge in [0, 0.05) is 0 Å². The van der Waals surface area contributed by atoms with Crippen LogP contribution in [0.1, 0.15) is 34.3 Å².